The highest BCUT2D eigenvalue weighted by molar-refractivity contribution is 6.45. The Kier molecular flexibility index (Phi) is 8.71. The van der Waals surface area contributed by atoms with Crippen molar-refractivity contribution in [3.63, 3.8) is 0 Å². The molecule has 0 spiro atoms. The topological polar surface area (TPSA) is 82.1 Å². The summed E-state index contributed by atoms with van der Waals surface area (Å²) in [6.07, 6.45) is 3.31. The summed E-state index contributed by atoms with van der Waals surface area (Å²) in [5, 5.41) is 0. The molecule has 1 aliphatic heterocycles. The number of hydrogen-bond acceptors (Lipinski definition) is 6. The van der Waals surface area contributed by atoms with Crippen LogP contribution in [0.25, 0.3) is 0 Å². The third kappa shape index (κ3) is 6.54. The number of rotatable bonds is 10. The number of carbonyl (C=O) groups is 3. The third-order valence-electron chi connectivity index (χ3n) is 6.22. The summed E-state index contributed by atoms with van der Waals surface area (Å²) in [7, 11) is 1.29. The van der Waals surface area contributed by atoms with Crippen LogP contribution < -0.4 is 0 Å². The molecule has 1 aliphatic rings. The van der Waals surface area contributed by atoms with Gasteiger partial charge in [0, 0.05) is 13.5 Å². The van der Waals surface area contributed by atoms with E-state index in [9.17, 15) is 14.4 Å². The molecule has 0 aromatic rings. The molecule has 1 heterocycles. The highest BCUT2D eigenvalue weighted by Crippen LogP contribution is 2.38. The first-order valence-electron chi connectivity index (χ1n) is 10.8. The molecule has 0 saturated carbocycles. The second-order valence-corrected chi connectivity index (χ2v) is 10.3. The summed E-state index contributed by atoms with van der Waals surface area (Å²) in [6.45, 7) is 14.9. The maximum Gasteiger partial charge on any atom is 0.457 e. The molecular weight excluding hydrogens is 385 g/mol. The lowest BCUT2D eigenvalue weighted by Crippen LogP contribution is -2.55. The minimum absolute atomic E-state index is 0.145. The van der Waals surface area contributed by atoms with Crippen LogP contribution in [0.4, 0.5) is 4.79 Å². The van der Waals surface area contributed by atoms with Crippen molar-refractivity contribution < 1.29 is 28.4 Å². The van der Waals surface area contributed by atoms with E-state index >= 15 is 0 Å². The number of nitrogens with zero attached hydrogens (tertiary/aromatic N) is 1. The Balaban J connectivity index is 2.83. The summed E-state index contributed by atoms with van der Waals surface area (Å²) < 4.78 is 17.5. The fraction of sp³-hybridized carbons (Fsp3) is 0.864. The first-order chi connectivity index (χ1) is 13.6. The van der Waals surface area contributed by atoms with Gasteiger partial charge in [-0.2, -0.15) is 0 Å². The van der Waals surface area contributed by atoms with Gasteiger partial charge in [-0.05, 0) is 74.6 Å². The molecule has 30 heavy (non-hydrogen) atoms. The van der Waals surface area contributed by atoms with Gasteiger partial charge in [-0.15, -0.1) is 0 Å². The van der Waals surface area contributed by atoms with E-state index in [0.717, 1.165) is 12.7 Å². The monoisotopic (exact) mass is 425 g/mol. The van der Waals surface area contributed by atoms with E-state index in [1.54, 1.807) is 27.8 Å². The van der Waals surface area contributed by atoms with Crippen LogP contribution in [0.2, 0.25) is 6.32 Å². The normalized spacial score (nSPS) is 19.8. The highest BCUT2D eigenvalue weighted by Gasteiger charge is 2.50. The van der Waals surface area contributed by atoms with Crippen molar-refractivity contribution in [1.82, 2.24) is 4.90 Å². The zero-order chi connectivity index (χ0) is 23.4. The molecule has 0 aromatic carbocycles. The second-order valence-electron chi connectivity index (χ2n) is 10.3. The molecule has 1 amide bonds. The number of hydrogen-bond donors (Lipinski definition) is 0. The minimum atomic E-state index is -1.07. The quantitative estimate of drug-likeness (QED) is 0.293. The molecule has 7 nitrogen and oxygen atoms in total. The van der Waals surface area contributed by atoms with Crippen molar-refractivity contribution in [2.75, 3.05) is 7.05 Å². The molecule has 1 unspecified atom stereocenters. The van der Waals surface area contributed by atoms with Gasteiger partial charge in [0.15, 0.2) is 5.78 Å². The predicted molar refractivity (Wildman–Crippen MR) is 117 cm³/mol. The standard InChI is InChI=1S/C22H40BNO6/c1-17(26)22(14-12-16-25,24(9)18(27)28-19(2,3)4)13-10-11-15-23-29-20(5,6)21(7,8)30-23/h16H,10-15H2,1-9H3. The Morgan fingerprint density at radius 1 is 1.03 bits per heavy atom. The number of ether oxygens (including phenoxy) is 1. The number of ketones is 1. The first-order valence-corrected chi connectivity index (χ1v) is 10.8. The molecule has 0 aromatic heterocycles. The van der Waals surface area contributed by atoms with Crippen molar-refractivity contribution in [3.8, 4) is 0 Å². The van der Waals surface area contributed by atoms with Crippen molar-refractivity contribution >= 4 is 25.3 Å². The SMILES string of the molecule is CC(=O)C(CCC=O)(CCCCB1OC(C)(C)C(C)(C)O1)N(C)C(=O)OC(C)(C)C. The van der Waals surface area contributed by atoms with Crippen LogP contribution in [0, 0.1) is 0 Å². The summed E-state index contributed by atoms with van der Waals surface area (Å²) in [5.41, 5.74) is -2.49. The average molecular weight is 425 g/mol. The number of amides is 1. The fourth-order valence-corrected chi connectivity index (χ4v) is 3.66. The molecule has 0 radical (unpaired) electrons. The van der Waals surface area contributed by atoms with Gasteiger partial charge in [0.1, 0.15) is 17.4 Å². The van der Waals surface area contributed by atoms with Gasteiger partial charge in [0.05, 0.1) is 11.2 Å². The summed E-state index contributed by atoms with van der Waals surface area (Å²) in [6, 6.07) is 0. The Morgan fingerprint density at radius 2 is 1.57 bits per heavy atom. The van der Waals surface area contributed by atoms with Crippen molar-refractivity contribution in [2.24, 2.45) is 0 Å². The van der Waals surface area contributed by atoms with Crippen molar-refractivity contribution in [3.05, 3.63) is 0 Å². The van der Waals surface area contributed by atoms with Crippen LogP contribution in [0.15, 0.2) is 0 Å². The molecular formula is C22H40BNO6. The first kappa shape index (κ1) is 26.6. The lowest BCUT2D eigenvalue weighted by atomic mass is 9.78. The zero-order valence-corrected chi connectivity index (χ0v) is 20.3. The number of Topliss-reactive ketones (excluding diaryl/α,β-unsaturated/α-hetero) is 1. The Labute approximate surface area is 182 Å². The number of likely N-dealkylation sites (N-methyl/N-ethyl adjacent to an activating group) is 1. The summed E-state index contributed by atoms with van der Waals surface area (Å²) in [5.74, 6) is -0.145. The van der Waals surface area contributed by atoms with E-state index in [-0.39, 0.29) is 36.9 Å². The molecule has 1 saturated heterocycles. The minimum Gasteiger partial charge on any atom is -0.444 e. The van der Waals surface area contributed by atoms with Crippen LogP contribution in [-0.2, 0) is 23.6 Å². The van der Waals surface area contributed by atoms with Gasteiger partial charge in [0.25, 0.3) is 0 Å². The van der Waals surface area contributed by atoms with E-state index in [1.165, 1.54) is 11.8 Å². The van der Waals surface area contributed by atoms with E-state index < -0.39 is 17.2 Å². The van der Waals surface area contributed by atoms with E-state index in [4.69, 9.17) is 14.0 Å². The lowest BCUT2D eigenvalue weighted by Gasteiger charge is -2.40. The molecule has 172 valence electrons. The summed E-state index contributed by atoms with van der Waals surface area (Å²) >= 11 is 0. The van der Waals surface area contributed by atoms with Gasteiger partial charge in [-0.3, -0.25) is 9.69 Å². The molecule has 0 N–H and O–H groups in total. The predicted octanol–water partition coefficient (Wildman–Crippen LogP) is 4.42. The number of carbonyl (C=O) groups excluding carboxylic acids is 3. The summed E-state index contributed by atoms with van der Waals surface area (Å²) in [4.78, 5) is 37.8. The zero-order valence-electron chi connectivity index (χ0n) is 20.3. The Hall–Kier alpha value is -1.41. The second kappa shape index (κ2) is 9.81. The van der Waals surface area contributed by atoms with Crippen LogP contribution in [0.5, 0.6) is 0 Å². The van der Waals surface area contributed by atoms with Gasteiger partial charge in [0.2, 0.25) is 0 Å². The van der Waals surface area contributed by atoms with Gasteiger partial charge in [-0.25, -0.2) is 4.79 Å². The Bertz CT molecular complexity index is 612. The molecule has 0 aliphatic carbocycles. The molecule has 0 bridgehead atoms. The Morgan fingerprint density at radius 3 is 2.00 bits per heavy atom. The molecule has 1 atom stereocenters. The van der Waals surface area contributed by atoms with Crippen molar-refractivity contribution in [2.45, 2.75) is 116 Å². The van der Waals surface area contributed by atoms with E-state index in [1.807, 2.05) is 27.7 Å². The molecule has 8 heteroatoms. The van der Waals surface area contributed by atoms with Crippen LogP contribution in [0.3, 0.4) is 0 Å². The van der Waals surface area contributed by atoms with E-state index in [0.29, 0.717) is 19.2 Å². The van der Waals surface area contributed by atoms with Gasteiger partial charge < -0.3 is 18.8 Å². The van der Waals surface area contributed by atoms with Crippen molar-refractivity contribution in [1.29, 1.82) is 0 Å². The average Bonchev–Trinajstić information content (AvgIpc) is 2.79. The fourth-order valence-electron chi connectivity index (χ4n) is 3.66. The number of unbranched alkanes of at least 4 members (excludes halogenated alkanes) is 1. The van der Waals surface area contributed by atoms with E-state index in [2.05, 4.69) is 0 Å². The lowest BCUT2D eigenvalue weighted by molar-refractivity contribution is -0.129. The number of aldehydes is 1. The largest absolute Gasteiger partial charge is 0.457 e. The molecule has 1 rings (SSSR count). The third-order valence-corrected chi connectivity index (χ3v) is 6.22. The van der Waals surface area contributed by atoms with Crippen LogP contribution in [0.1, 0.15) is 87.5 Å². The highest BCUT2D eigenvalue weighted by atomic mass is 16.7. The smallest absolute Gasteiger partial charge is 0.444 e. The van der Waals surface area contributed by atoms with Gasteiger partial charge >= 0.3 is 13.2 Å². The molecule has 1 fully saturated rings. The maximum absolute atomic E-state index is 12.7. The van der Waals surface area contributed by atoms with Crippen LogP contribution >= 0.6 is 0 Å². The maximum atomic E-state index is 12.7. The van der Waals surface area contributed by atoms with Gasteiger partial charge in [-0.1, -0.05) is 12.8 Å². The van der Waals surface area contributed by atoms with Crippen LogP contribution in [-0.4, -0.2) is 59.6 Å².